The van der Waals surface area contributed by atoms with Gasteiger partial charge in [0.2, 0.25) is 5.91 Å². The van der Waals surface area contributed by atoms with E-state index in [1.165, 1.54) is 11.1 Å². The van der Waals surface area contributed by atoms with Crippen molar-refractivity contribution in [2.24, 2.45) is 0 Å². The molecule has 3 amide bonds. The van der Waals surface area contributed by atoms with Crippen molar-refractivity contribution in [1.29, 1.82) is 0 Å². The average molecular weight is 570 g/mol. The minimum Gasteiger partial charge on any atom is -0.497 e. The van der Waals surface area contributed by atoms with Gasteiger partial charge < -0.3 is 29.7 Å². The molecule has 0 saturated carbocycles. The fourth-order valence-electron chi connectivity index (χ4n) is 6.23. The SMILES string of the molecule is COc1cccc(C(=O)Nc2ccc3c(c2)C(=O)N(C)[C@H]2CC[C@@H](CC(=O)NC4Cc5ccccc5C4)O[C@H]2CO3)c1. The monoisotopic (exact) mass is 569 g/mol. The molecule has 3 aliphatic rings. The van der Waals surface area contributed by atoms with Crippen LogP contribution in [0.15, 0.2) is 66.7 Å². The maximum absolute atomic E-state index is 13.6. The smallest absolute Gasteiger partial charge is 0.257 e. The summed E-state index contributed by atoms with van der Waals surface area (Å²) in [7, 11) is 3.31. The third-order valence-corrected chi connectivity index (χ3v) is 8.43. The fraction of sp³-hybridized carbons (Fsp3) is 0.364. The standard InChI is InChI=1S/C33H35N3O6/c1-36-28-12-11-26(18-31(37)34-24-14-20-6-3-4-7-21(20)15-24)42-30(28)19-41-29-13-10-23(17-27(29)33(36)39)35-32(38)22-8-5-9-25(16-22)40-2/h3-10,13,16-17,24,26,28,30H,11-12,14-15,18-19H2,1-2H3,(H,34,37)(H,35,38)/t26-,28-,30-/m0/s1. The van der Waals surface area contributed by atoms with Crippen LogP contribution in [0.25, 0.3) is 0 Å². The molecule has 1 aliphatic carbocycles. The van der Waals surface area contributed by atoms with Crippen LogP contribution in [0.2, 0.25) is 0 Å². The number of amides is 3. The molecule has 0 unspecified atom stereocenters. The molecule has 2 N–H and O–H groups in total. The highest BCUT2D eigenvalue weighted by Gasteiger charge is 2.39. The number of ether oxygens (including phenoxy) is 3. The van der Waals surface area contributed by atoms with Crippen molar-refractivity contribution in [3.05, 3.63) is 89.0 Å². The molecule has 218 valence electrons. The lowest BCUT2D eigenvalue weighted by atomic mass is 9.94. The van der Waals surface area contributed by atoms with Gasteiger partial charge in [0.1, 0.15) is 24.2 Å². The van der Waals surface area contributed by atoms with Crippen LogP contribution in [0.4, 0.5) is 5.69 Å². The van der Waals surface area contributed by atoms with Crippen molar-refractivity contribution < 1.29 is 28.6 Å². The van der Waals surface area contributed by atoms with E-state index < -0.39 is 0 Å². The topological polar surface area (TPSA) is 106 Å². The van der Waals surface area contributed by atoms with E-state index in [9.17, 15) is 14.4 Å². The van der Waals surface area contributed by atoms with Crippen molar-refractivity contribution in [1.82, 2.24) is 10.2 Å². The minimum absolute atomic E-state index is 0.0127. The van der Waals surface area contributed by atoms with Gasteiger partial charge in [0, 0.05) is 24.3 Å². The number of likely N-dealkylation sites (N-methyl/N-ethyl adjacent to an activating group) is 1. The number of rotatable bonds is 6. The summed E-state index contributed by atoms with van der Waals surface area (Å²) in [5.74, 6) is 0.473. The van der Waals surface area contributed by atoms with E-state index in [4.69, 9.17) is 14.2 Å². The second-order valence-corrected chi connectivity index (χ2v) is 11.2. The highest BCUT2D eigenvalue weighted by Crippen LogP contribution is 2.33. The van der Waals surface area contributed by atoms with Gasteiger partial charge in [-0.3, -0.25) is 14.4 Å². The third kappa shape index (κ3) is 5.83. The molecule has 0 spiro atoms. The number of nitrogens with one attached hydrogen (secondary N) is 2. The van der Waals surface area contributed by atoms with Crippen LogP contribution in [0.5, 0.6) is 11.5 Å². The Morgan fingerprint density at radius 3 is 2.55 bits per heavy atom. The highest BCUT2D eigenvalue weighted by molar-refractivity contribution is 6.05. The number of nitrogens with zero attached hydrogens (tertiary/aromatic N) is 1. The Balaban J connectivity index is 1.08. The summed E-state index contributed by atoms with van der Waals surface area (Å²) >= 11 is 0. The van der Waals surface area contributed by atoms with Crippen LogP contribution in [0, 0.1) is 0 Å². The van der Waals surface area contributed by atoms with Crippen LogP contribution < -0.4 is 20.1 Å². The predicted molar refractivity (Wildman–Crippen MR) is 157 cm³/mol. The van der Waals surface area contributed by atoms with Crippen molar-refractivity contribution in [2.45, 2.75) is 56.4 Å². The summed E-state index contributed by atoms with van der Waals surface area (Å²) in [6, 6.07) is 20.1. The van der Waals surface area contributed by atoms with Gasteiger partial charge in [-0.2, -0.15) is 0 Å². The number of hydrogen-bond acceptors (Lipinski definition) is 6. The molecule has 1 saturated heterocycles. The molecule has 0 aromatic heterocycles. The number of carbonyl (C=O) groups excluding carboxylic acids is 3. The lowest BCUT2D eigenvalue weighted by Gasteiger charge is -2.42. The van der Waals surface area contributed by atoms with Crippen molar-refractivity contribution in [3.8, 4) is 11.5 Å². The van der Waals surface area contributed by atoms with Gasteiger partial charge in [0.15, 0.2) is 0 Å². The summed E-state index contributed by atoms with van der Waals surface area (Å²) in [6.07, 6.45) is 2.75. The van der Waals surface area contributed by atoms with E-state index in [-0.39, 0.29) is 55.0 Å². The molecular formula is C33H35N3O6. The van der Waals surface area contributed by atoms with Crippen LogP contribution in [0.3, 0.4) is 0 Å². The van der Waals surface area contributed by atoms with Gasteiger partial charge in [-0.25, -0.2) is 0 Å². The molecule has 2 aliphatic heterocycles. The lowest BCUT2D eigenvalue weighted by Crippen LogP contribution is -2.54. The molecule has 3 aromatic rings. The molecule has 9 heteroatoms. The second kappa shape index (κ2) is 11.9. The summed E-state index contributed by atoms with van der Waals surface area (Å²) in [4.78, 5) is 41.0. The first-order chi connectivity index (χ1) is 20.4. The van der Waals surface area contributed by atoms with Crippen LogP contribution in [0.1, 0.15) is 51.1 Å². The summed E-state index contributed by atoms with van der Waals surface area (Å²) in [5.41, 5.74) is 3.90. The first-order valence-corrected chi connectivity index (χ1v) is 14.4. The zero-order valence-electron chi connectivity index (χ0n) is 23.8. The van der Waals surface area contributed by atoms with Gasteiger partial charge in [-0.15, -0.1) is 0 Å². The predicted octanol–water partition coefficient (Wildman–Crippen LogP) is 4.00. The molecule has 9 nitrogen and oxygen atoms in total. The lowest BCUT2D eigenvalue weighted by molar-refractivity contribution is -0.134. The maximum atomic E-state index is 13.6. The largest absolute Gasteiger partial charge is 0.497 e. The Morgan fingerprint density at radius 1 is 1.00 bits per heavy atom. The van der Waals surface area contributed by atoms with E-state index in [0.717, 1.165) is 12.8 Å². The van der Waals surface area contributed by atoms with Crippen LogP contribution >= 0.6 is 0 Å². The van der Waals surface area contributed by atoms with Gasteiger partial charge in [-0.05, 0) is 73.2 Å². The van der Waals surface area contributed by atoms with E-state index >= 15 is 0 Å². The Morgan fingerprint density at radius 2 is 1.79 bits per heavy atom. The molecule has 3 aromatic carbocycles. The molecule has 2 heterocycles. The number of fused-ring (bicyclic) bond motifs is 3. The number of carbonyl (C=O) groups is 3. The molecule has 6 rings (SSSR count). The van der Waals surface area contributed by atoms with Crippen molar-refractivity contribution >= 4 is 23.4 Å². The summed E-state index contributed by atoms with van der Waals surface area (Å²) in [6.45, 7) is 0.251. The number of methoxy groups -OCH3 is 1. The molecule has 0 bridgehead atoms. The van der Waals surface area contributed by atoms with Gasteiger partial charge in [0.25, 0.3) is 11.8 Å². The molecular weight excluding hydrogens is 534 g/mol. The zero-order chi connectivity index (χ0) is 29.2. The highest BCUT2D eigenvalue weighted by atomic mass is 16.5. The number of hydrogen-bond donors (Lipinski definition) is 2. The Hall–Kier alpha value is -4.37. The van der Waals surface area contributed by atoms with Crippen molar-refractivity contribution in [2.75, 3.05) is 26.1 Å². The molecule has 3 atom stereocenters. The summed E-state index contributed by atoms with van der Waals surface area (Å²) in [5, 5.41) is 6.04. The Bertz CT molecular complexity index is 1480. The van der Waals surface area contributed by atoms with Crippen LogP contribution in [-0.2, 0) is 22.4 Å². The zero-order valence-corrected chi connectivity index (χ0v) is 23.8. The van der Waals surface area contributed by atoms with E-state index in [0.29, 0.717) is 41.2 Å². The third-order valence-electron chi connectivity index (χ3n) is 8.43. The summed E-state index contributed by atoms with van der Waals surface area (Å²) < 4.78 is 17.7. The van der Waals surface area contributed by atoms with Gasteiger partial charge in [0.05, 0.1) is 31.2 Å². The molecule has 1 fully saturated rings. The Kier molecular flexibility index (Phi) is 7.84. The average Bonchev–Trinajstić information content (AvgIpc) is 3.41. The number of anilines is 1. The normalized spacial score (nSPS) is 21.6. The quantitative estimate of drug-likeness (QED) is 0.465. The Labute approximate surface area is 245 Å². The fourth-order valence-corrected chi connectivity index (χ4v) is 6.23. The minimum atomic E-state index is -0.359. The molecule has 0 radical (unpaired) electrons. The van der Waals surface area contributed by atoms with Gasteiger partial charge in [-0.1, -0.05) is 30.3 Å². The number of benzene rings is 3. The van der Waals surface area contributed by atoms with Crippen molar-refractivity contribution in [3.63, 3.8) is 0 Å². The van der Waals surface area contributed by atoms with E-state index in [2.05, 4.69) is 22.8 Å². The first kappa shape index (κ1) is 27.8. The van der Waals surface area contributed by atoms with Crippen LogP contribution in [-0.4, -0.2) is 67.7 Å². The van der Waals surface area contributed by atoms with E-state index in [1.807, 2.05) is 12.1 Å². The van der Waals surface area contributed by atoms with Gasteiger partial charge >= 0.3 is 0 Å². The first-order valence-electron chi connectivity index (χ1n) is 14.4. The second-order valence-electron chi connectivity index (χ2n) is 11.2. The maximum Gasteiger partial charge on any atom is 0.257 e. The van der Waals surface area contributed by atoms with E-state index in [1.54, 1.807) is 61.5 Å². The molecule has 42 heavy (non-hydrogen) atoms.